The summed E-state index contributed by atoms with van der Waals surface area (Å²) >= 11 is 0. The predicted molar refractivity (Wildman–Crippen MR) is 173 cm³/mol. The van der Waals surface area contributed by atoms with Crippen LogP contribution in [0.4, 0.5) is 34.1 Å². The quantitative estimate of drug-likeness (QED) is 0.0999. The Kier molecular flexibility index (Phi) is 25.1. The molecule has 2 amide bonds. The number of nitrogens with zero attached hydrogens (tertiary/aromatic N) is 2. The summed E-state index contributed by atoms with van der Waals surface area (Å²) in [6.45, 7) is 18.6. The van der Waals surface area contributed by atoms with Crippen LogP contribution in [0.2, 0.25) is 0 Å². The highest BCUT2D eigenvalue weighted by Crippen LogP contribution is 2.23. The van der Waals surface area contributed by atoms with E-state index in [0.29, 0.717) is 11.4 Å². The van der Waals surface area contributed by atoms with Gasteiger partial charge in [-0.1, -0.05) is 91.1 Å². The molecular weight excluding hydrogens is 540 g/mol. The van der Waals surface area contributed by atoms with E-state index >= 15 is 0 Å². The second-order valence-corrected chi connectivity index (χ2v) is 6.56. The van der Waals surface area contributed by atoms with Gasteiger partial charge in [0.1, 0.15) is 11.4 Å². The summed E-state index contributed by atoms with van der Waals surface area (Å²) in [6.07, 6.45) is 2.25. The van der Waals surface area contributed by atoms with Crippen molar-refractivity contribution < 1.29 is 19.4 Å². The highest BCUT2D eigenvalue weighted by molar-refractivity contribution is 6.01. The SMILES string of the molecule is C=CC(=O)Nc1ccccc1N.C=CC(=O)Nc1ccccc1[N+](=O)[O-].CC.CC.CC.Nc1ccccc1[N+](=O)[O-]. The van der Waals surface area contributed by atoms with Crippen LogP contribution >= 0.6 is 0 Å². The van der Waals surface area contributed by atoms with Crippen molar-refractivity contribution >= 4 is 45.9 Å². The number of benzene rings is 3. The lowest BCUT2D eigenvalue weighted by Crippen LogP contribution is -2.08. The van der Waals surface area contributed by atoms with Crippen molar-refractivity contribution in [2.45, 2.75) is 41.5 Å². The molecule has 0 spiro atoms. The number of amides is 2. The number of nitrogen functional groups attached to an aromatic ring is 2. The van der Waals surface area contributed by atoms with Gasteiger partial charge < -0.3 is 22.1 Å². The van der Waals surface area contributed by atoms with Crippen molar-refractivity contribution in [3.63, 3.8) is 0 Å². The third kappa shape index (κ3) is 17.1. The first-order valence-corrected chi connectivity index (χ1v) is 13.0. The molecule has 3 aromatic carbocycles. The molecule has 0 radical (unpaired) electrons. The Morgan fingerprint density at radius 1 is 0.619 bits per heavy atom. The monoisotopic (exact) mass is 582 g/mol. The lowest BCUT2D eigenvalue weighted by Gasteiger charge is -2.04. The van der Waals surface area contributed by atoms with E-state index in [1.54, 1.807) is 42.5 Å². The van der Waals surface area contributed by atoms with E-state index < -0.39 is 15.8 Å². The molecule has 0 fully saturated rings. The van der Waals surface area contributed by atoms with Gasteiger partial charge in [-0.05, 0) is 36.4 Å². The van der Waals surface area contributed by atoms with Gasteiger partial charge in [-0.2, -0.15) is 0 Å². The van der Waals surface area contributed by atoms with E-state index in [1.165, 1.54) is 36.4 Å². The number of carbonyl (C=O) groups is 2. The number of rotatable bonds is 6. The molecular formula is C30H42N6O6. The number of nitro groups is 2. The maximum Gasteiger partial charge on any atom is 0.292 e. The Morgan fingerprint density at radius 2 is 0.952 bits per heavy atom. The third-order valence-electron chi connectivity index (χ3n) is 4.08. The molecule has 0 bridgehead atoms. The van der Waals surface area contributed by atoms with Crippen molar-refractivity contribution in [3.8, 4) is 0 Å². The minimum atomic E-state index is -0.557. The summed E-state index contributed by atoms with van der Waals surface area (Å²) in [6, 6.07) is 19.1. The number of nitrogens with one attached hydrogen (secondary N) is 2. The summed E-state index contributed by atoms with van der Waals surface area (Å²) in [5.74, 6) is -0.729. The Bertz CT molecular complexity index is 1260. The Labute approximate surface area is 247 Å². The average Bonchev–Trinajstić information content (AvgIpc) is 3.02. The predicted octanol–water partition coefficient (Wildman–Crippen LogP) is 7.37. The van der Waals surface area contributed by atoms with E-state index in [1.807, 2.05) is 41.5 Å². The van der Waals surface area contributed by atoms with Crippen LogP contribution in [0.3, 0.4) is 0 Å². The fraction of sp³-hybridized carbons (Fsp3) is 0.200. The fourth-order valence-electron chi connectivity index (χ4n) is 2.37. The molecule has 12 heteroatoms. The second kappa shape index (κ2) is 25.7. The van der Waals surface area contributed by atoms with Crippen molar-refractivity contribution in [1.29, 1.82) is 0 Å². The number of carbonyl (C=O) groups excluding carboxylic acids is 2. The van der Waals surface area contributed by atoms with Crippen molar-refractivity contribution in [2.75, 3.05) is 22.1 Å². The Morgan fingerprint density at radius 3 is 1.31 bits per heavy atom. The van der Waals surface area contributed by atoms with E-state index in [4.69, 9.17) is 11.5 Å². The zero-order chi connectivity index (χ0) is 33.1. The van der Waals surface area contributed by atoms with Gasteiger partial charge in [0.2, 0.25) is 11.8 Å². The van der Waals surface area contributed by atoms with Crippen LogP contribution in [-0.4, -0.2) is 21.7 Å². The molecule has 0 unspecified atom stereocenters. The van der Waals surface area contributed by atoms with Crippen LogP contribution < -0.4 is 22.1 Å². The van der Waals surface area contributed by atoms with Gasteiger partial charge in [0.25, 0.3) is 11.4 Å². The smallest absolute Gasteiger partial charge is 0.292 e. The van der Waals surface area contributed by atoms with Gasteiger partial charge >= 0.3 is 0 Å². The van der Waals surface area contributed by atoms with Crippen LogP contribution in [0, 0.1) is 20.2 Å². The van der Waals surface area contributed by atoms with Crippen molar-refractivity contribution in [3.05, 3.63) is 118 Å². The summed E-state index contributed by atoms with van der Waals surface area (Å²) in [5.41, 5.74) is 12.2. The zero-order valence-corrected chi connectivity index (χ0v) is 25.0. The van der Waals surface area contributed by atoms with E-state index in [2.05, 4.69) is 23.8 Å². The molecule has 3 aromatic rings. The van der Waals surface area contributed by atoms with E-state index in [-0.39, 0.29) is 28.7 Å². The normalized spacial score (nSPS) is 8.24. The first kappa shape index (κ1) is 41.0. The van der Waals surface area contributed by atoms with Crippen LogP contribution in [0.15, 0.2) is 98.1 Å². The maximum absolute atomic E-state index is 10.9. The van der Waals surface area contributed by atoms with Gasteiger partial charge in [-0.3, -0.25) is 29.8 Å². The third-order valence-corrected chi connectivity index (χ3v) is 4.08. The molecule has 228 valence electrons. The largest absolute Gasteiger partial charge is 0.397 e. The first-order valence-electron chi connectivity index (χ1n) is 13.0. The molecule has 6 N–H and O–H groups in total. The summed E-state index contributed by atoms with van der Waals surface area (Å²) in [4.78, 5) is 41.4. The second-order valence-electron chi connectivity index (χ2n) is 6.56. The topological polar surface area (TPSA) is 197 Å². The van der Waals surface area contributed by atoms with Crippen LogP contribution in [0.25, 0.3) is 0 Å². The lowest BCUT2D eigenvalue weighted by atomic mass is 10.2. The standard InChI is InChI=1S/C9H8N2O3.C9H10N2O.C6H6N2O2.3C2H6/c1-2-9(12)10-7-5-3-4-6-8(7)11(13)14;1-2-9(12)11-8-6-4-3-5-7(8)10;7-5-3-1-2-4-6(5)8(9)10;3*1-2/h2-6H,1H2,(H,10,12);2-6H,1,10H2,(H,11,12);1-4H,7H2;3*1-2H3. The van der Waals surface area contributed by atoms with Gasteiger partial charge in [-0.25, -0.2) is 0 Å². The molecule has 0 saturated carbocycles. The molecule has 42 heavy (non-hydrogen) atoms. The summed E-state index contributed by atoms with van der Waals surface area (Å²) < 4.78 is 0. The summed E-state index contributed by atoms with van der Waals surface area (Å²) in [7, 11) is 0. The molecule has 0 aromatic heterocycles. The van der Waals surface area contributed by atoms with E-state index in [9.17, 15) is 29.8 Å². The molecule has 0 aliphatic rings. The van der Waals surface area contributed by atoms with Gasteiger partial charge in [0, 0.05) is 12.1 Å². The van der Waals surface area contributed by atoms with E-state index in [0.717, 1.165) is 6.08 Å². The van der Waals surface area contributed by atoms with Crippen LogP contribution in [-0.2, 0) is 9.59 Å². The molecule has 0 atom stereocenters. The number of nitro benzene ring substituents is 2. The highest BCUT2D eigenvalue weighted by Gasteiger charge is 2.12. The number of hydrogen-bond acceptors (Lipinski definition) is 8. The van der Waals surface area contributed by atoms with Gasteiger partial charge in [0.15, 0.2) is 0 Å². The number of para-hydroxylation sites is 6. The molecule has 0 heterocycles. The molecule has 12 nitrogen and oxygen atoms in total. The highest BCUT2D eigenvalue weighted by atomic mass is 16.6. The average molecular weight is 583 g/mol. The van der Waals surface area contributed by atoms with Crippen LogP contribution in [0.1, 0.15) is 41.5 Å². The summed E-state index contributed by atoms with van der Waals surface area (Å²) in [5, 5.41) is 25.6. The van der Waals surface area contributed by atoms with Crippen molar-refractivity contribution in [2.24, 2.45) is 0 Å². The fourth-order valence-corrected chi connectivity index (χ4v) is 2.37. The molecule has 0 aliphatic carbocycles. The van der Waals surface area contributed by atoms with Crippen LogP contribution in [0.5, 0.6) is 0 Å². The van der Waals surface area contributed by atoms with Gasteiger partial charge in [0.05, 0.1) is 21.2 Å². The molecule has 0 aliphatic heterocycles. The minimum absolute atomic E-state index is 0.0394. The Hall–Kier alpha value is -5.52. The van der Waals surface area contributed by atoms with Crippen molar-refractivity contribution in [1.82, 2.24) is 0 Å². The number of hydrogen-bond donors (Lipinski definition) is 4. The first-order chi connectivity index (χ1) is 20.1. The Balaban J connectivity index is -0.000000502. The molecule has 3 rings (SSSR count). The maximum atomic E-state index is 10.9. The minimum Gasteiger partial charge on any atom is -0.397 e. The zero-order valence-electron chi connectivity index (χ0n) is 25.0. The lowest BCUT2D eigenvalue weighted by molar-refractivity contribution is -0.384. The van der Waals surface area contributed by atoms with Gasteiger partial charge in [-0.15, -0.1) is 0 Å². The number of anilines is 4. The number of nitrogens with two attached hydrogens (primary N) is 2. The molecule has 0 saturated heterocycles.